The van der Waals surface area contributed by atoms with Gasteiger partial charge >= 0.3 is 0 Å². The average Bonchev–Trinajstić information content (AvgIpc) is 3.33. The van der Waals surface area contributed by atoms with Crippen molar-refractivity contribution in [1.29, 1.82) is 0 Å². The van der Waals surface area contributed by atoms with Crippen LogP contribution in [0.1, 0.15) is 12.5 Å². The predicted molar refractivity (Wildman–Crippen MR) is 125 cm³/mol. The second kappa shape index (κ2) is 9.54. The summed E-state index contributed by atoms with van der Waals surface area (Å²) in [5.41, 5.74) is 1.98. The lowest BCUT2D eigenvalue weighted by Crippen LogP contribution is -2.31. The van der Waals surface area contributed by atoms with E-state index in [1.807, 2.05) is 0 Å². The van der Waals surface area contributed by atoms with Crippen LogP contribution in [0, 0.1) is 17.7 Å². The molecule has 0 spiro atoms. The molecule has 4 rings (SSSR count). The third kappa shape index (κ3) is 4.70. The van der Waals surface area contributed by atoms with Gasteiger partial charge in [0, 0.05) is 39.4 Å². The number of carbonyl (C=O) groups excluding carboxylic acids is 1. The van der Waals surface area contributed by atoms with Gasteiger partial charge < -0.3 is 19.4 Å². The number of likely N-dealkylation sites (tertiary alicyclic amines) is 2. The minimum absolute atomic E-state index is 0.137. The molecule has 166 valence electrons. The highest BCUT2D eigenvalue weighted by Gasteiger charge is 2.40. The number of benzene rings is 1. The molecule has 0 bridgehead atoms. The zero-order valence-corrected chi connectivity index (χ0v) is 19.4. The summed E-state index contributed by atoms with van der Waals surface area (Å²) >= 11 is 0. The molecule has 4 atom stereocenters. The van der Waals surface area contributed by atoms with Crippen LogP contribution in [0.5, 0.6) is 5.75 Å². The Kier molecular flexibility index (Phi) is 6.78. The van der Waals surface area contributed by atoms with Gasteiger partial charge in [0.2, 0.25) is 0 Å². The van der Waals surface area contributed by atoms with E-state index < -0.39 is 5.82 Å². The van der Waals surface area contributed by atoms with Crippen LogP contribution in [0.2, 0.25) is 0 Å². The van der Waals surface area contributed by atoms with E-state index in [0.717, 1.165) is 43.1 Å². The fourth-order valence-corrected chi connectivity index (χ4v) is 6.12. The maximum absolute atomic E-state index is 14.2. The maximum atomic E-state index is 14.2. The van der Waals surface area contributed by atoms with E-state index >= 15 is 0 Å². The van der Waals surface area contributed by atoms with Crippen molar-refractivity contribution in [2.75, 3.05) is 46.9 Å². The number of carbonyl (C=O) groups is 1. The molecular formula is C24H31FN3O2P. The fraction of sp³-hybridized carbons (Fsp3) is 0.458. The van der Waals surface area contributed by atoms with E-state index in [1.54, 1.807) is 18.2 Å². The van der Waals surface area contributed by atoms with Crippen molar-refractivity contribution in [1.82, 2.24) is 14.7 Å². The van der Waals surface area contributed by atoms with Crippen molar-refractivity contribution in [3.05, 3.63) is 59.7 Å². The zero-order chi connectivity index (χ0) is 22.0. The van der Waals surface area contributed by atoms with Gasteiger partial charge in [-0.2, -0.15) is 0 Å². The molecule has 2 fully saturated rings. The van der Waals surface area contributed by atoms with E-state index in [1.165, 1.54) is 32.0 Å². The molecule has 7 heteroatoms. The molecule has 3 aliphatic rings. The molecule has 0 radical (unpaired) electrons. The molecule has 2 saturated heterocycles. The minimum Gasteiger partial charge on any atom is -0.494 e. The van der Waals surface area contributed by atoms with Crippen molar-refractivity contribution < 1.29 is 13.9 Å². The van der Waals surface area contributed by atoms with Gasteiger partial charge in [-0.05, 0) is 53.5 Å². The zero-order valence-electron chi connectivity index (χ0n) is 18.4. The highest BCUT2D eigenvalue weighted by Crippen LogP contribution is 2.42. The molecule has 5 nitrogen and oxygen atoms in total. The van der Waals surface area contributed by atoms with Crippen LogP contribution in [-0.4, -0.2) is 73.7 Å². The number of nitrogens with zero attached hydrogens (tertiary/aromatic N) is 3. The third-order valence-electron chi connectivity index (χ3n) is 6.60. The van der Waals surface area contributed by atoms with Gasteiger partial charge in [0.25, 0.3) is 0 Å². The Morgan fingerprint density at radius 1 is 1.26 bits per heavy atom. The Morgan fingerprint density at radius 2 is 2.00 bits per heavy atom. The van der Waals surface area contributed by atoms with Gasteiger partial charge in [0.15, 0.2) is 11.6 Å². The average molecular weight is 444 g/mol. The summed E-state index contributed by atoms with van der Waals surface area (Å²) in [6.45, 7) is 8.07. The molecule has 2 unspecified atom stereocenters. The molecule has 1 aromatic rings. The Balaban J connectivity index is 1.42. The molecule has 3 aliphatic heterocycles. The summed E-state index contributed by atoms with van der Waals surface area (Å²) in [6.07, 6.45) is 8.95. The van der Waals surface area contributed by atoms with Crippen LogP contribution in [0.4, 0.5) is 4.39 Å². The van der Waals surface area contributed by atoms with E-state index in [-0.39, 0.29) is 11.5 Å². The molecule has 0 amide bonds. The number of likely N-dealkylation sites (N-methyl/N-ethyl adjacent to an activating group) is 1. The maximum Gasteiger partial charge on any atom is 0.165 e. The molecule has 0 N–H and O–H groups in total. The van der Waals surface area contributed by atoms with Crippen molar-refractivity contribution in [3.63, 3.8) is 0 Å². The largest absolute Gasteiger partial charge is 0.494 e. The summed E-state index contributed by atoms with van der Waals surface area (Å²) in [6, 6.07) is 4.86. The number of rotatable bonds is 7. The van der Waals surface area contributed by atoms with Gasteiger partial charge in [-0.15, -0.1) is 0 Å². The fourth-order valence-electron chi connectivity index (χ4n) is 4.84. The first-order chi connectivity index (χ1) is 15.0. The first-order valence-corrected chi connectivity index (χ1v) is 11.9. The second-order valence-corrected chi connectivity index (χ2v) is 9.93. The topological polar surface area (TPSA) is 36.0 Å². The summed E-state index contributed by atoms with van der Waals surface area (Å²) in [4.78, 5) is 18.5. The van der Waals surface area contributed by atoms with Gasteiger partial charge in [-0.3, -0.25) is 4.79 Å². The van der Waals surface area contributed by atoms with E-state index in [0.29, 0.717) is 14.1 Å². The summed E-state index contributed by atoms with van der Waals surface area (Å²) in [5.74, 6) is 1.46. The SMILES string of the molecule is CCN1C[C@@H]2CN(C3=CN(C)C(P/C(=C\C=O)c4ccc(OC)c(F)c4)C=C3)C[C@@H]2C1. The quantitative estimate of drug-likeness (QED) is 0.366. The summed E-state index contributed by atoms with van der Waals surface area (Å²) < 4.78 is 19.2. The van der Waals surface area contributed by atoms with E-state index in [4.69, 9.17) is 4.74 Å². The minimum atomic E-state index is -0.419. The molecule has 0 aliphatic carbocycles. The van der Waals surface area contributed by atoms with Crippen LogP contribution in [-0.2, 0) is 4.79 Å². The lowest BCUT2D eigenvalue weighted by molar-refractivity contribution is -0.104. The molecule has 3 heterocycles. The van der Waals surface area contributed by atoms with Gasteiger partial charge in [0.05, 0.1) is 18.6 Å². The monoisotopic (exact) mass is 443 g/mol. The highest BCUT2D eigenvalue weighted by atomic mass is 31.1. The Morgan fingerprint density at radius 3 is 2.58 bits per heavy atom. The van der Waals surface area contributed by atoms with Gasteiger partial charge in [-0.25, -0.2) is 4.39 Å². The lowest BCUT2D eigenvalue weighted by Gasteiger charge is -2.32. The number of halogens is 1. The normalized spacial score (nSPS) is 26.6. The Bertz CT molecular complexity index is 902. The smallest absolute Gasteiger partial charge is 0.165 e. The van der Waals surface area contributed by atoms with Gasteiger partial charge in [-0.1, -0.05) is 27.6 Å². The van der Waals surface area contributed by atoms with Crippen LogP contribution >= 0.6 is 8.58 Å². The molecule has 31 heavy (non-hydrogen) atoms. The second-order valence-electron chi connectivity index (χ2n) is 8.51. The number of aldehydes is 1. The number of fused-ring (bicyclic) bond motifs is 1. The van der Waals surface area contributed by atoms with Crippen LogP contribution < -0.4 is 4.74 Å². The number of hydrogen-bond acceptors (Lipinski definition) is 5. The molecule has 0 aromatic heterocycles. The van der Waals surface area contributed by atoms with Crippen molar-refractivity contribution >= 4 is 20.2 Å². The van der Waals surface area contributed by atoms with Crippen LogP contribution in [0.15, 0.2) is 48.3 Å². The highest BCUT2D eigenvalue weighted by molar-refractivity contribution is 7.51. The molecule has 0 saturated carbocycles. The van der Waals surface area contributed by atoms with Crippen LogP contribution in [0.3, 0.4) is 0 Å². The first-order valence-electron chi connectivity index (χ1n) is 10.9. The molecule has 1 aromatic carbocycles. The number of allylic oxidation sites excluding steroid dienone is 2. The van der Waals surface area contributed by atoms with Crippen LogP contribution in [0.25, 0.3) is 5.31 Å². The van der Waals surface area contributed by atoms with Gasteiger partial charge in [0.1, 0.15) is 6.29 Å². The summed E-state index contributed by atoms with van der Waals surface area (Å²) in [5, 5.41) is 0.838. The number of methoxy groups -OCH3 is 1. The molecular weight excluding hydrogens is 412 g/mol. The summed E-state index contributed by atoms with van der Waals surface area (Å²) in [7, 11) is 3.84. The van der Waals surface area contributed by atoms with E-state index in [9.17, 15) is 9.18 Å². The number of ether oxygens (including phenoxy) is 1. The Labute approximate surface area is 186 Å². The van der Waals surface area contributed by atoms with E-state index in [2.05, 4.69) is 47.0 Å². The standard InChI is InChI=1S/C24H31FN3O2P/c1-4-27-12-18-14-28(15-19(18)13-27)20-6-8-24(26(2)16-20)31-23(9-10-29)17-5-7-22(30-3)21(25)11-17/h5-11,16,18-19,24,31H,4,12-15H2,1-3H3/b23-9-/t18-,19+,24?. The predicted octanol–water partition coefficient (Wildman–Crippen LogP) is 3.61. The van der Waals surface area contributed by atoms with Crippen molar-refractivity contribution in [2.24, 2.45) is 11.8 Å². The van der Waals surface area contributed by atoms with Crippen molar-refractivity contribution in [2.45, 2.75) is 12.7 Å². The number of hydrogen-bond donors (Lipinski definition) is 0. The van der Waals surface area contributed by atoms with Crippen molar-refractivity contribution in [3.8, 4) is 5.75 Å². The Hall–Kier alpha value is -2.17. The third-order valence-corrected chi connectivity index (χ3v) is 8.26. The lowest BCUT2D eigenvalue weighted by atomic mass is 10.0. The first kappa shape index (κ1) is 22.0.